The number of para-hydroxylation sites is 1. The number of hydrogen-bond acceptors (Lipinski definition) is 2. The van der Waals surface area contributed by atoms with Crippen LogP contribution in [0.4, 0.5) is 5.69 Å². The van der Waals surface area contributed by atoms with Gasteiger partial charge in [-0.1, -0.05) is 38.5 Å². The Morgan fingerprint density at radius 2 is 2.22 bits per heavy atom. The minimum Gasteiger partial charge on any atom is -0.382 e. The smallest absolute Gasteiger partial charge is 0.0750 e. The Labute approximate surface area is 111 Å². The van der Waals surface area contributed by atoms with Crippen LogP contribution in [0.15, 0.2) is 24.3 Å². The summed E-state index contributed by atoms with van der Waals surface area (Å²) in [5.74, 6) is 0.681. The molecular weight excluding hydrogens is 222 g/mol. The van der Waals surface area contributed by atoms with Crippen LogP contribution in [-0.4, -0.2) is 19.3 Å². The molecule has 1 heterocycles. The summed E-state index contributed by atoms with van der Waals surface area (Å²) in [5, 5.41) is 3.51. The Morgan fingerprint density at radius 1 is 1.39 bits per heavy atom. The topological polar surface area (TPSA) is 21.3 Å². The van der Waals surface area contributed by atoms with Crippen molar-refractivity contribution in [3.8, 4) is 0 Å². The van der Waals surface area contributed by atoms with E-state index in [0.29, 0.717) is 12.0 Å². The molecule has 18 heavy (non-hydrogen) atoms. The van der Waals surface area contributed by atoms with Crippen LogP contribution in [0.25, 0.3) is 0 Å². The Hall–Kier alpha value is -1.02. The minimum atomic E-state index is 0.358. The van der Waals surface area contributed by atoms with Gasteiger partial charge in [0, 0.05) is 18.8 Å². The standard InChI is InChI=1S/C16H25NO/c1-3-6-13(2)12-18-15-10-9-14-7-4-5-8-16(14)17-11-15/h4-5,7-8,13,15,17H,3,6,9-12H2,1-2H3. The second-order valence-corrected chi connectivity index (χ2v) is 5.43. The van der Waals surface area contributed by atoms with E-state index >= 15 is 0 Å². The molecule has 0 radical (unpaired) electrons. The van der Waals surface area contributed by atoms with Gasteiger partial charge in [-0.25, -0.2) is 0 Å². The summed E-state index contributed by atoms with van der Waals surface area (Å²) in [7, 11) is 0. The van der Waals surface area contributed by atoms with E-state index in [0.717, 1.165) is 26.0 Å². The van der Waals surface area contributed by atoms with Crippen LogP contribution in [-0.2, 0) is 11.2 Å². The van der Waals surface area contributed by atoms with Gasteiger partial charge in [0.2, 0.25) is 0 Å². The number of fused-ring (bicyclic) bond motifs is 1. The van der Waals surface area contributed by atoms with Crippen LogP contribution < -0.4 is 5.32 Å². The summed E-state index contributed by atoms with van der Waals surface area (Å²) in [4.78, 5) is 0. The molecule has 0 saturated carbocycles. The van der Waals surface area contributed by atoms with E-state index in [4.69, 9.17) is 4.74 Å². The van der Waals surface area contributed by atoms with Crippen LogP contribution >= 0.6 is 0 Å². The molecule has 1 aromatic carbocycles. The summed E-state index contributed by atoms with van der Waals surface area (Å²) in [6, 6.07) is 8.59. The lowest BCUT2D eigenvalue weighted by molar-refractivity contribution is 0.0346. The van der Waals surface area contributed by atoms with Crippen LogP contribution in [0.2, 0.25) is 0 Å². The zero-order valence-electron chi connectivity index (χ0n) is 11.6. The summed E-state index contributed by atoms with van der Waals surface area (Å²) in [6.07, 6.45) is 5.12. The maximum atomic E-state index is 6.05. The first-order valence-corrected chi connectivity index (χ1v) is 7.23. The van der Waals surface area contributed by atoms with Crippen molar-refractivity contribution in [2.24, 2.45) is 5.92 Å². The highest BCUT2D eigenvalue weighted by atomic mass is 16.5. The molecule has 2 nitrogen and oxygen atoms in total. The molecule has 0 aliphatic carbocycles. The number of nitrogens with one attached hydrogen (secondary N) is 1. The predicted octanol–water partition coefficient (Wildman–Crippen LogP) is 3.87. The summed E-state index contributed by atoms with van der Waals surface area (Å²) in [6.45, 7) is 6.36. The largest absolute Gasteiger partial charge is 0.382 e. The van der Waals surface area contributed by atoms with Crippen molar-refractivity contribution in [1.82, 2.24) is 0 Å². The van der Waals surface area contributed by atoms with Crippen molar-refractivity contribution in [2.45, 2.75) is 45.6 Å². The van der Waals surface area contributed by atoms with E-state index in [9.17, 15) is 0 Å². The molecule has 0 aromatic heterocycles. The Morgan fingerprint density at radius 3 is 3.06 bits per heavy atom. The van der Waals surface area contributed by atoms with Gasteiger partial charge in [-0.2, -0.15) is 0 Å². The van der Waals surface area contributed by atoms with Gasteiger partial charge in [0.15, 0.2) is 0 Å². The third-order valence-corrected chi connectivity index (χ3v) is 3.67. The van der Waals surface area contributed by atoms with Crippen LogP contribution in [0, 0.1) is 5.92 Å². The molecule has 100 valence electrons. The Bertz CT molecular complexity index is 337. The van der Waals surface area contributed by atoms with Crippen molar-refractivity contribution in [3.05, 3.63) is 29.8 Å². The summed E-state index contributed by atoms with van der Waals surface area (Å²) >= 11 is 0. The molecule has 0 amide bonds. The van der Waals surface area contributed by atoms with Gasteiger partial charge < -0.3 is 10.1 Å². The summed E-state index contributed by atoms with van der Waals surface area (Å²) < 4.78 is 6.05. The van der Waals surface area contributed by atoms with E-state index in [1.54, 1.807) is 0 Å². The molecule has 1 aliphatic heterocycles. The minimum absolute atomic E-state index is 0.358. The lowest BCUT2D eigenvalue weighted by atomic mass is 10.1. The zero-order valence-corrected chi connectivity index (χ0v) is 11.6. The highest BCUT2D eigenvalue weighted by Crippen LogP contribution is 2.22. The highest BCUT2D eigenvalue weighted by molar-refractivity contribution is 5.51. The van der Waals surface area contributed by atoms with E-state index in [-0.39, 0.29) is 0 Å². The third kappa shape index (κ3) is 3.74. The predicted molar refractivity (Wildman–Crippen MR) is 77.1 cm³/mol. The van der Waals surface area contributed by atoms with Crippen LogP contribution in [0.3, 0.4) is 0 Å². The molecule has 1 aromatic rings. The molecule has 1 aliphatic rings. The molecule has 0 bridgehead atoms. The Balaban J connectivity index is 1.81. The molecule has 2 rings (SSSR count). The average Bonchev–Trinajstić information content (AvgIpc) is 2.59. The van der Waals surface area contributed by atoms with Gasteiger partial charge in [0.1, 0.15) is 0 Å². The van der Waals surface area contributed by atoms with Gasteiger partial charge in [-0.3, -0.25) is 0 Å². The SMILES string of the molecule is CCCC(C)COC1CCc2ccccc2NC1. The monoisotopic (exact) mass is 247 g/mol. The quantitative estimate of drug-likeness (QED) is 0.853. The van der Waals surface area contributed by atoms with Gasteiger partial charge in [0.05, 0.1) is 6.10 Å². The first-order valence-electron chi connectivity index (χ1n) is 7.23. The molecule has 2 atom stereocenters. The van der Waals surface area contributed by atoms with E-state index in [1.807, 2.05) is 0 Å². The van der Waals surface area contributed by atoms with Gasteiger partial charge in [-0.15, -0.1) is 0 Å². The fraction of sp³-hybridized carbons (Fsp3) is 0.625. The molecule has 0 spiro atoms. The van der Waals surface area contributed by atoms with Crippen molar-refractivity contribution in [3.63, 3.8) is 0 Å². The van der Waals surface area contributed by atoms with Gasteiger partial charge in [-0.05, 0) is 36.8 Å². The van der Waals surface area contributed by atoms with Crippen molar-refractivity contribution < 1.29 is 4.74 Å². The van der Waals surface area contributed by atoms with Gasteiger partial charge >= 0.3 is 0 Å². The molecule has 1 N–H and O–H groups in total. The van der Waals surface area contributed by atoms with Crippen molar-refractivity contribution in [2.75, 3.05) is 18.5 Å². The van der Waals surface area contributed by atoms with E-state index < -0.39 is 0 Å². The second kappa shape index (κ2) is 6.79. The maximum absolute atomic E-state index is 6.05. The highest BCUT2D eigenvalue weighted by Gasteiger charge is 2.16. The molecule has 0 fully saturated rings. The number of benzene rings is 1. The number of aryl methyl sites for hydroxylation is 1. The van der Waals surface area contributed by atoms with Crippen LogP contribution in [0.1, 0.15) is 38.7 Å². The maximum Gasteiger partial charge on any atom is 0.0750 e. The van der Waals surface area contributed by atoms with E-state index in [1.165, 1.54) is 24.1 Å². The second-order valence-electron chi connectivity index (χ2n) is 5.43. The first kappa shape index (κ1) is 13.4. The first-order chi connectivity index (χ1) is 8.79. The number of hydrogen-bond donors (Lipinski definition) is 1. The van der Waals surface area contributed by atoms with Crippen LogP contribution in [0.5, 0.6) is 0 Å². The fourth-order valence-corrected chi connectivity index (χ4v) is 2.57. The molecule has 0 saturated heterocycles. The number of anilines is 1. The number of rotatable bonds is 5. The summed E-state index contributed by atoms with van der Waals surface area (Å²) in [5.41, 5.74) is 2.70. The molecule has 2 heteroatoms. The Kier molecular flexibility index (Phi) is 5.06. The lowest BCUT2D eigenvalue weighted by Crippen LogP contribution is -2.24. The normalized spacial score (nSPS) is 20.7. The molecular formula is C16H25NO. The fourth-order valence-electron chi connectivity index (χ4n) is 2.57. The third-order valence-electron chi connectivity index (χ3n) is 3.67. The van der Waals surface area contributed by atoms with Gasteiger partial charge in [0.25, 0.3) is 0 Å². The average molecular weight is 247 g/mol. The zero-order chi connectivity index (χ0) is 12.8. The van der Waals surface area contributed by atoms with Crippen molar-refractivity contribution in [1.29, 1.82) is 0 Å². The lowest BCUT2D eigenvalue weighted by Gasteiger charge is -2.18. The van der Waals surface area contributed by atoms with E-state index in [2.05, 4.69) is 43.4 Å². The molecule has 2 unspecified atom stereocenters. The van der Waals surface area contributed by atoms with Crippen molar-refractivity contribution >= 4 is 5.69 Å². The number of ether oxygens (including phenoxy) is 1.